The standard InChI is InChI=1S/C15H10Cl5NO4S/c16-9-2-1-8(5-10(9)17)26(24,25)21(4-3-15(22)23)14-7-12(19)11(18)6-13(14)20/h1-2,5-7H,3-4H2,(H,22,23). The van der Waals surface area contributed by atoms with Gasteiger partial charge in [0.15, 0.2) is 0 Å². The molecule has 0 saturated carbocycles. The maximum absolute atomic E-state index is 13.1. The van der Waals surface area contributed by atoms with Crippen molar-refractivity contribution in [3.05, 3.63) is 55.4 Å². The van der Waals surface area contributed by atoms with Crippen LogP contribution in [0.4, 0.5) is 5.69 Å². The number of anilines is 1. The number of aliphatic carboxylic acids is 1. The predicted molar refractivity (Wildman–Crippen MR) is 105 cm³/mol. The largest absolute Gasteiger partial charge is 0.481 e. The predicted octanol–water partition coefficient (Wildman–Crippen LogP) is 5.62. The van der Waals surface area contributed by atoms with E-state index >= 15 is 0 Å². The van der Waals surface area contributed by atoms with Gasteiger partial charge in [0.25, 0.3) is 10.0 Å². The van der Waals surface area contributed by atoms with Crippen molar-refractivity contribution in [1.82, 2.24) is 0 Å². The smallest absolute Gasteiger partial charge is 0.305 e. The van der Waals surface area contributed by atoms with Crippen molar-refractivity contribution in [3.8, 4) is 0 Å². The normalized spacial score (nSPS) is 11.4. The van der Waals surface area contributed by atoms with Gasteiger partial charge in [0, 0.05) is 6.54 Å². The quantitative estimate of drug-likeness (QED) is 0.548. The van der Waals surface area contributed by atoms with Crippen LogP contribution in [0.5, 0.6) is 0 Å². The Balaban J connectivity index is 2.62. The van der Waals surface area contributed by atoms with E-state index in [9.17, 15) is 13.2 Å². The molecule has 0 bridgehead atoms. The maximum atomic E-state index is 13.1. The number of nitrogens with zero attached hydrogens (tertiary/aromatic N) is 1. The SMILES string of the molecule is O=C(O)CCN(c1cc(Cl)c(Cl)cc1Cl)S(=O)(=O)c1ccc(Cl)c(Cl)c1. The summed E-state index contributed by atoms with van der Waals surface area (Å²) < 4.78 is 26.9. The van der Waals surface area contributed by atoms with Gasteiger partial charge in [-0.15, -0.1) is 0 Å². The molecule has 0 spiro atoms. The summed E-state index contributed by atoms with van der Waals surface area (Å²) in [6.45, 7) is -0.379. The highest BCUT2D eigenvalue weighted by molar-refractivity contribution is 7.92. The summed E-state index contributed by atoms with van der Waals surface area (Å²) >= 11 is 29.7. The molecule has 5 nitrogen and oxygen atoms in total. The molecule has 2 aromatic carbocycles. The minimum atomic E-state index is -4.20. The van der Waals surface area contributed by atoms with Crippen LogP contribution in [-0.2, 0) is 14.8 Å². The third kappa shape index (κ3) is 4.68. The highest BCUT2D eigenvalue weighted by Gasteiger charge is 2.28. The molecule has 2 aromatic rings. The van der Waals surface area contributed by atoms with Crippen LogP contribution in [0.2, 0.25) is 25.1 Å². The molecule has 0 fully saturated rings. The zero-order valence-electron chi connectivity index (χ0n) is 12.7. The van der Waals surface area contributed by atoms with Crippen molar-refractivity contribution in [1.29, 1.82) is 0 Å². The molecule has 2 rings (SSSR count). The lowest BCUT2D eigenvalue weighted by molar-refractivity contribution is -0.136. The van der Waals surface area contributed by atoms with Crippen LogP contribution in [0.3, 0.4) is 0 Å². The van der Waals surface area contributed by atoms with Crippen LogP contribution < -0.4 is 4.31 Å². The summed E-state index contributed by atoms with van der Waals surface area (Å²) in [6, 6.07) is 6.27. The lowest BCUT2D eigenvalue weighted by atomic mass is 10.3. The average molecular weight is 478 g/mol. The van der Waals surface area contributed by atoms with E-state index < -0.39 is 22.4 Å². The molecule has 0 heterocycles. The molecule has 0 aliphatic rings. The Morgan fingerprint density at radius 1 is 0.885 bits per heavy atom. The van der Waals surface area contributed by atoms with Crippen LogP contribution in [0, 0.1) is 0 Å². The molecule has 1 N–H and O–H groups in total. The lowest BCUT2D eigenvalue weighted by Gasteiger charge is -2.25. The first-order valence-corrected chi connectivity index (χ1v) is 10.2. The first-order valence-electron chi connectivity index (χ1n) is 6.88. The maximum Gasteiger partial charge on any atom is 0.305 e. The molecular formula is C15H10Cl5NO4S. The van der Waals surface area contributed by atoms with Gasteiger partial charge >= 0.3 is 5.97 Å². The Kier molecular flexibility index (Phi) is 6.93. The Morgan fingerprint density at radius 2 is 1.46 bits per heavy atom. The number of carbonyl (C=O) groups is 1. The summed E-state index contributed by atoms with van der Waals surface area (Å²) in [5.41, 5.74) is -0.00612. The first kappa shape index (κ1) is 21.4. The number of hydrogen-bond acceptors (Lipinski definition) is 3. The Bertz CT molecular complexity index is 965. The second kappa shape index (κ2) is 8.42. The number of rotatable bonds is 6. The summed E-state index contributed by atoms with van der Waals surface area (Å²) in [4.78, 5) is 10.8. The minimum absolute atomic E-state index is 0.00609. The number of carboxylic acids is 1. The van der Waals surface area contributed by atoms with E-state index in [4.69, 9.17) is 63.1 Å². The number of hydrogen-bond donors (Lipinski definition) is 1. The zero-order valence-corrected chi connectivity index (χ0v) is 17.3. The van der Waals surface area contributed by atoms with Gasteiger partial charge in [0.05, 0.1) is 42.1 Å². The van der Waals surface area contributed by atoms with Crippen LogP contribution in [-0.4, -0.2) is 26.0 Å². The van der Waals surface area contributed by atoms with Gasteiger partial charge in [-0.2, -0.15) is 0 Å². The molecule has 11 heteroatoms. The number of benzene rings is 2. The van der Waals surface area contributed by atoms with Crippen molar-refractivity contribution in [2.75, 3.05) is 10.8 Å². The fourth-order valence-corrected chi connectivity index (χ4v) is 4.59. The first-order chi connectivity index (χ1) is 12.0. The van der Waals surface area contributed by atoms with E-state index in [0.717, 1.165) is 4.31 Å². The molecule has 0 aromatic heterocycles. The monoisotopic (exact) mass is 475 g/mol. The number of carboxylic acid groups (broad SMARTS) is 1. The highest BCUT2D eigenvalue weighted by atomic mass is 35.5. The molecule has 0 unspecified atom stereocenters. The van der Waals surface area contributed by atoms with E-state index in [1.165, 1.54) is 30.3 Å². The number of halogens is 5. The molecule has 0 amide bonds. The molecule has 0 radical (unpaired) electrons. The van der Waals surface area contributed by atoms with Crippen LogP contribution in [0.15, 0.2) is 35.2 Å². The van der Waals surface area contributed by atoms with Crippen molar-refractivity contribution >= 4 is 79.7 Å². The Labute approximate surface area is 175 Å². The van der Waals surface area contributed by atoms with E-state index in [1.807, 2.05) is 0 Å². The number of sulfonamides is 1. The van der Waals surface area contributed by atoms with Crippen LogP contribution in [0.1, 0.15) is 6.42 Å². The van der Waals surface area contributed by atoms with Gasteiger partial charge in [0.2, 0.25) is 0 Å². The van der Waals surface area contributed by atoms with Crippen molar-refractivity contribution < 1.29 is 18.3 Å². The third-order valence-corrected chi connectivity index (χ3v) is 6.84. The van der Waals surface area contributed by atoms with E-state index in [-0.39, 0.29) is 42.2 Å². The Morgan fingerprint density at radius 3 is 2.04 bits per heavy atom. The Hall–Kier alpha value is -0.890. The third-order valence-electron chi connectivity index (χ3n) is 3.27. The average Bonchev–Trinajstić information content (AvgIpc) is 2.54. The molecule has 26 heavy (non-hydrogen) atoms. The van der Waals surface area contributed by atoms with Crippen LogP contribution in [0.25, 0.3) is 0 Å². The van der Waals surface area contributed by atoms with Crippen molar-refractivity contribution in [2.24, 2.45) is 0 Å². The molecule has 0 atom stereocenters. The van der Waals surface area contributed by atoms with E-state index in [1.54, 1.807) is 0 Å². The zero-order chi connectivity index (χ0) is 19.6. The van der Waals surface area contributed by atoms with Crippen molar-refractivity contribution in [2.45, 2.75) is 11.3 Å². The summed E-state index contributed by atoms with van der Waals surface area (Å²) in [5.74, 6) is -1.18. The molecule has 140 valence electrons. The van der Waals surface area contributed by atoms with Crippen LogP contribution >= 0.6 is 58.0 Å². The minimum Gasteiger partial charge on any atom is -0.481 e. The molecular weight excluding hydrogens is 468 g/mol. The van der Waals surface area contributed by atoms with Gasteiger partial charge in [-0.05, 0) is 30.3 Å². The summed E-state index contributed by atoms with van der Waals surface area (Å²) in [5, 5.41) is 9.35. The van der Waals surface area contributed by atoms with Crippen molar-refractivity contribution in [3.63, 3.8) is 0 Å². The fraction of sp³-hybridized carbons (Fsp3) is 0.133. The molecule has 0 aliphatic heterocycles. The second-order valence-electron chi connectivity index (χ2n) is 5.01. The van der Waals surface area contributed by atoms with Gasteiger partial charge in [0.1, 0.15) is 0 Å². The van der Waals surface area contributed by atoms with E-state index in [2.05, 4.69) is 0 Å². The van der Waals surface area contributed by atoms with Gasteiger partial charge in [-0.3, -0.25) is 9.10 Å². The second-order valence-corrected chi connectivity index (χ2v) is 8.91. The molecule has 0 saturated heterocycles. The van der Waals surface area contributed by atoms with Gasteiger partial charge in [-0.1, -0.05) is 58.0 Å². The highest BCUT2D eigenvalue weighted by Crippen LogP contribution is 2.37. The lowest BCUT2D eigenvalue weighted by Crippen LogP contribution is -2.33. The van der Waals surface area contributed by atoms with E-state index in [0.29, 0.717) is 0 Å². The fourth-order valence-electron chi connectivity index (χ4n) is 2.04. The van der Waals surface area contributed by atoms with Gasteiger partial charge in [-0.25, -0.2) is 8.42 Å². The summed E-state index contributed by atoms with van der Waals surface area (Å²) in [7, 11) is -4.20. The van der Waals surface area contributed by atoms with Gasteiger partial charge < -0.3 is 5.11 Å². The molecule has 0 aliphatic carbocycles. The summed E-state index contributed by atoms with van der Waals surface area (Å²) in [6.07, 6.45) is -0.461. The topological polar surface area (TPSA) is 74.7 Å².